The van der Waals surface area contributed by atoms with E-state index in [1.54, 1.807) is 0 Å². The molecule has 0 aliphatic carbocycles. The highest BCUT2D eigenvalue weighted by molar-refractivity contribution is 7.13. The normalized spacial score (nSPS) is 10.3. The summed E-state index contributed by atoms with van der Waals surface area (Å²) in [6.45, 7) is 2.39. The molecule has 4 nitrogen and oxygen atoms in total. The molecule has 5 heteroatoms. The molecule has 2 rings (SSSR count). The van der Waals surface area contributed by atoms with Crippen LogP contribution < -0.4 is 4.74 Å². The summed E-state index contributed by atoms with van der Waals surface area (Å²) < 4.78 is 5.54. The van der Waals surface area contributed by atoms with Crippen molar-refractivity contribution in [3.05, 3.63) is 45.9 Å². The number of hydrogen-bond donors (Lipinski definition) is 1. The molecule has 1 N–H and O–H groups in total. The zero-order valence-electron chi connectivity index (χ0n) is 9.92. The van der Waals surface area contributed by atoms with Gasteiger partial charge < -0.3 is 9.84 Å². The van der Waals surface area contributed by atoms with Gasteiger partial charge in [-0.25, -0.2) is 9.78 Å². The SMILES string of the molecule is CCc1ccc(OCc2ncc(C(=O)O)s2)cc1. The molecule has 0 aliphatic heterocycles. The van der Waals surface area contributed by atoms with Crippen molar-refractivity contribution in [3.8, 4) is 5.75 Å². The van der Waals surface area contributed by atoms with Crippen molar-refractivity contribution >= 4 is 17.3 Å². The molecule has 2 aromatic rings. The molecule has 0 saturated heterocycles. The Hall–Kier alpha value is -1.88. The second-order valence-electron chi connectivity index (χ2n) is 3.71. The number of aromatic carboxylic acids is 1. The van der Waals surface area contributed by atoms with Gasteiger partial charge in [0.1, 0.15) is 22.2 Å². The van der Waals surface area contributed by atoms with Gasteiger partial charge in [-0.2, -0.15) is 0 Å². The molecule has 0 amide bonds. The van der Waals surface area contributed by atoms with Crippen molar-refractivity contribution in [2.24, 2.45) is 0 Å². The van der Waals surface area contributed by atoms with E-state index in [1.807, 2.05) is 24.3 Å². The van der Waals surface area contributed by atoms with Crippen molar-refractivity contribution in [1.82, 2.24) is 4.98 Å². The molecular weight excluding hydrogens is 250 g/mol. The highest BCUT2D eigenvalue weighted by atomic mass is 32.1. The standard InChI is InChI=1S/C13H13NO3S/c1-2-9-3-5-10(6-4-9)17-8-12-14-7-11(18-12)13(15)16/h3-7H,2,8H2,1H3,(H,15,16). The lowest BCUT2D eigenvalue weighted by molar-refractivity contribution is 0.0702. The van der Waals surface area contributed by atoms with Crippen LogP contribution in [0.4, 0.5) is 0 Å². The van der Waals surface area contributed by atoms with Crippen LogP contribution in [0.25, 0.3) is 0 Å². The average molecular weight is 263 g/mol. The third-order valence-electron chi connectivity index (χ3n) is 2.46. The minimum absolute atomic E-state index is 0.231. The smallest absolute Gasteiger partial charge is 0.347 e. The van der Waals surface area contributed by atoms with E-state index >= 15 is 0 Å². The Labute approximate surface area is 109 Å². The number of benzene rings is 1. The number of nitrogens with zero attached hydrogens (tertiary/aromatic N) is 1. The van der Waals surface area contributed by atoms with Gasteiger partial charge >= 0.3 is 5.97 Å². The molecule has 18 heavy (non-hydrogen) atoms. The first kappa shape index (κ1) is 12.6. The van der Waals surface area contributed by atoms with Gasteiger partial charge in [0.25, 0.3) is 0 Å². The van der Waals surface area contributed by atoms with Gasteiger partial charge in [-0.15, -0.1) is 11.3 Å². The molecular formula is C13H13NO3S. The molecule has 0 unspecified atom stereocenters. The van der Waals surface area contributed by atoms with Crippen molar-refractivity contribution in [2.45, 2.75) is 20.0 Å². The zero-order chi connectivity index (χ0) is 13.0. The summed E-state index contributed by atoms with van der Waals surface area (Å²) >= 11 is 1.13. The highest BCUT2D eigenvalue weighted by Gasteiger charge is 2.08. The van der Waals surface area contributed by atoms with Gasteiger partial charge in [0, 0.05) is 0 Å². The molecule has 0 aliphatic rings. The number of hydrogen-bond acceptors (Lipinski definition) is 4. The second kappa shape index (κ2) is 5.64. The van der Waals surface area contributed by atoms with Gasteiger partial charge in [-0.3, -0.25) is 0 Å². The number of ether oxygens (including phenoxy) is 1. The van der Waals surface area contributed by atoms with Crippen LogP contribution in [-0.2, 0) is 13.0 Å². The Morgan fingerprint density at radius 1 is 1.39 bits per heavy atom. The van der Waals surface area contributed by atoms with Gasteiger partial charge in [-0.1, -0.05) is 19.1 Å². The molecule has 0 bridgehead atoms. The van der Waals surface area contributed by atoms with E-state index in [0.29, 0.717) is 11.6 Å². The summed E-state index contributed by atoms with van der Waals surface area (Å²) in [4.78, 5) is 14.9. The summed E-state index contributed by atoms with van der Waals surface area (Å²) in [7, 11) is 0. The molecule has 94 valence electrons. The summed E-state index contributed by atoms with van der Waals surface area (Å²) in [6.07, 6.45) is 2.35. The number of aromatic nitrogens is 1. The van der Waals surface area contributed by atoms with Gasteiger partial charge in [-0.05, 0) is 24.1 Å². The first-order valence-electron chi connectivity index (χ1n) is 5.58. The summed E-state index contributed by atoms with van der Waals surface area (Å²) in [5, 5.41) is 9.43. The number of carboxylic acids is 1. The molecule has 0 atom stereocenters. The van der Waals surface area contributed by atoms with E-state index in [9.17, 15) is 4.79 Å². The van der Waals surface area contributed by atoms with Gasteiger partial charge in [0.15, 0.2) is 0 Å². The van der Waals surface area contributed by atoms with Crippen molar-refractivity contribution in [3.63, 3.8) is 0 Å². The summed E-state index contributed by atoms with van der Waals surface area (Å²) in [6, 6.07) is 7.84. The van der Waals surface area contributed by atoms with Crippen LogP contribution >= 0.6 is 11.3 Å². The van der Waals surface area contributed by atoms with Gasteiger partial charge in [0.2, 0.25) is 0 Å². The predicted octanol–water partition coefficient (Wildman–Crippen LogP) is 2.98. The quantitative estimate of drug-likeness (QED) is 0.901. The predicted molar refractivity (Wildman–Crippen MR) is 69.2 cm³/mol. The van der Waals surface area contributed by atoms with Crippen molar-refractivity contribution < 1.29 is 14.6 Å². The first-order valence-corrected chi connectivity index (χ1v) is 6.40. The fourth-order valence-electron chi connectivity index (χ4n) is 1.44. The van der Waals surface area contributed by atoms with Crippen LogP contribution in [0.15, 0.2) is 30.5 Å². The third kappa shape index (κ3) is 3.07. The third-order valence-corrected chi connectivity index (χ3v) is 3.42. The summed E-state index contributed by atoms with van der Waals surface area (Å²) in [5.74, 6) is -0.190. The summed E-state index contributed by atoms with van der Waals surface area (Å²) in [5.41, 5.74) is 1.25. The molecule has 1 heterocycles. The van der Waals surface area contributed by atoms with Crippen LogP contribution in [0.2, 0.25) is 0 Å². The van der Waals surface area contributed by atoms with Gasteiger partial charge in [0.05, 0.1) is 6.20 Å². The van der Waals surface area contributed by atoms with E-state index in [2.05, 4.69) is 11.9 Å². The Balaban J connectivity index is 1.95. The van der Waals surface area contributed by atoms with Crippen LogP contribution in [0.3, 0.4) is 0 Å². The molecule has 0 radical (unpaired) electrons. The van der Waals surface area contributed by atoms with Crippen molar-refractivity contribution in [1.29, 1.82) is 0 Å². The minimum Gasteiger partial charge on any atom is -0.486 e. The van der Waals surface area contributed by atoms with E-state index in [-0.39, 0.29) is 4.88 Å². The molecule has 1 aromatic carbocycles. The Bertz CT molecular complexity index is 533. The number of carbonyl (C=O) groups is 1. The zero-order valence-corrected chi connectivity index (χ0v) is 10.7. The van der Waals surface area contributed by atoms with E-state index in [4.69, 9.17) is 9.84 Å². The number of rotatable bonds is 5. The largest absolute Gasteiger partial charge is 0.486 e. The minimum atomic E-state index is -0.953. The van der Waals surface area contributed by atoms with Crippen LogP contribution in [0.5, 0.6) is 5.75 Å². The fraction of sp³-hybridized carbons (Fsp3) is 0.231. The Morgan fingerprint density at radius 2 is 2.11 bits per heavy atom. The number of thiazole rings is 1. The maximum atomic E-state index is 10.7. The number of aryl methyl sites for hydroxylation is 1. The van der Waals surface area contributed by atoms with E-state index in [0.717, 1.165) is 23.5 Å². The molecule has 0 fully saturated rings. The molecule has 1 aromatic heterocycles. The maximum absolute atomic E-state index is 10.7. The van der Waals surface area contributed by atoms with Crippen LogP contribution in [0, 0.1) is 0 Å². The number of carboxylic acid groups (broad SMARTS) is 1. The van der Waals surface area contributed by atoms with Crippen molar-refractivity contribution in [2.75, 3.05) is 0 Å². The fourth-order valence-corrected chi connectivity index (χ4v) is 2.11. The van der Waals surface area contributed by atoms with E-state index in [1.165, 1.54) is 11.8 Å². The highest BCUT2D eigenvalue weighted by Crippen LogP contribution is 2.17. The van der Waals surface area contributed by atoms with Crippen LogP contribution in [0.1, 0.15) is 27.2 Å². The molecule has 0 spiro atoms. The topological polar surface area (TPSA) is 59.4 Å². The Kier molecular flexibility index (Phi) is 3.94. The average Bonchev–Trinajstić information content (AvgIpc) is 2.86. The van der Waals surface area contributed by atoms with E-state index < -0.39 is 5.97 Å². The Morgan fingerprint density at radius 3 is 2.67 bits per heavy atom. The monoisotopic (exact) mass is 263 g/mol. The first-order chi connectivity index (χ1) is 8.69. The molecule has 0 saturated carbocycles. The second-order valence-corrected chi connectivity index (χ2v) is 4.82. The maximum Gasteiger partial charge on any atom is 0.347 e. The van der Waals surface area contributed by atoms with Crippen LogP contribution in [-0.4, -0.2) is 16.1 Å². The lowest BCUT2D eigenvalue weighted by Gasteiger charge is -2.04. The lowest BCUT2D eigenvalue weighted by atomic mass is 10.2. The lowest BCUT2D eigenvalue weighted by Crippen LogP contribution is -1.94.